The van der Waals surface area contributed by atoms with Crippen molar-refractivity contribution in [1.29, 1.82) is 0 Å². The van der Waals surface area contributed by atoms with Crippen molar-refractivity contribution in [1.82, 2.24) is 0 Å². The van der Waals surface area contributed by atoms with Crippen molar-refractivity contribution in [3.05, 3.63) is 34.1 Å². The lowest BCUT2D eigenvalue weighted by Gasteiger charge is -2.11. The molecular weight excluding hydrogens is 236 g/mol. The summed E-state index contributed by atoms with van der Waals surface area (Å²) >= 11 is 5.35. The fraction of sp³-hybridized carbons (Fsp3) is 0.222. The lowest BCUT2D eigenvalue weighted by molar-refractivity contribution is -0.137. The summed E-state index contributed by atoms with van der Waals surface area (Å²) in [4.78, 5) is 10.9. The predicted molar refractivity (Wildman–Crippen MR) is 46.4 cm³/mol. The van der Waals surface area contributed by atoms with Gasteiger partial charge in [0.05, 0.1) is 10.6 Å². The van der Waals surface area contributed by atoms with Gasteiger partial charge in [0.15, 0.2) is 5.78 Å². The second kappa shape index (κ2) is 3.81. The minimum Gasteiger partial charge on any atom is -0.294 e. The van der Waals surface area contributed by atoms with Gasteiger partial charge < -0.3 is 0 Å². The van der Waals surface area contributed by atoms with Gasteiger partial charge >= 0.3 is 6.18 Å². The van der Waals surface area contributed by atoms with Crippen LogP contribution >= 0.6 is 11.6 Å². The molecule has 0 radical (unpaired) electrons. The molecule has 82 valence electrons. The first kappa shape index (κ1) is 12.0. The van der Waals surface area contributed by atoms with Gasteiger partial charge in [-0.15, -0.1) is 0 Å². The summed E-state index contributed by atoms with van der Waals surface area (Å²) < 4.78 is 49.7. The number of hydrogen-bond acceptors (Lipinski definition) is 1. The van der Waals surface area contributed by atoms with Crippen molar-refractivity contribution in [2.75, 3.05) is 0 Å². The standard InChI is InChI=1S/C9H5ClF4O/c1-4(15)6-2-5(11)3-7(8(6)10)9(12,13)14/h2-3H,1H3. The van der Waals surface area contributed by atoms with E-state index in [0.717, 1.165) is 6.92 Å². The first-order valence-corrected chi connectivity index (χ1v) is 4.18. The third kappa shape index (κ3) is 2.47. The van der Waals surface area contributed by atoms with Crippen molar-refractivity contribution in [3.63, 3.8) is 0 Å². The highest BCUT2D eigenvalue weighted by molar-refractivity contribution is 6.34. The molecule has 0 spiro atoms. The minimum absolute atomic E-state index is 0.259. The van der Waals surface area contributed by atoms with E-state index in [4.69, 9.17) is 11.6 Å². The van der Waals surface area contributed by atoms with Gasteiger partial charge in [0, 0.05) is 5.56 Å². The summed E-state index contributed by atoms with van der Waals surface area (Å²) in [5.74, 6) is -1.86. The topological polar surface area (TPSA) is 17.1 Å². The predicted octanol–water partition coefficient (Wildman–Crippen LogP) is 3.70. The Hall–Kier alpha value is -1.10. The number of Topliss-reactive ketones (excluding diaryl/α,β-unsaturated/α-hetero) is 1. The zero-order valence-electron chi connectivity index (χ0n) is 7.45. The Bertz CT molecular complexity index is 411. The molecule has 1 rings (SSSR count). The second-order valence-electron chi connectivity index (χ2n) is 2.87. The Labute approximate surface area is 87.7 Å². The molecule has 0 aromatic heterocycles. The first-order valence-electron chi connectivity index (χ1n) is 3.80. The molecule has 1 aromatic carbocycles. The maximum atomic E-state index is 12.8. The molecule has 6 heteroatoms. The summed E-state index contributed by atoms with van der Waals surface area (Å²) in [5, 5.41) is -0.767. The van der Waals surface area contributed by atoms with E-state index >= 15 is 0 Å². The average molecular weight is 241 g/mol. The molecule has 0 N–H and O–H groups in total. The van der Waals surface area contributed by atoms with Gasteiger partial charge in [-0.25, -0.2) is 4.39 Å². The van der Waals surface area contributed by atoms with Crippen molar-refractivity contribution >= 4 is 17.4 Å². The zero-order valence-corrected chi connectivity index (χ0v) is 8.21. The summed E-state index contributed by atoms with van der Waals surface area (Å²) in [6.07, 6.45) is -4.77. The van der Waals surface area contributed by atoms with Crippen LogP contribution < -0.4 is 0 Å². The van der Waals surface area contributed by atoms with Gasteiger partial charge in [-0.2, -0.15) is 13.2 Å². The zero-order chi connectivity index (χ0) is 11.8. The second-order valence-corrected chi connectivity index (χ2v) is 3.25. The molecule has 0 atom stereocenters. The van der Waals surface area contributed by atoms with E-state index in [0.29, 0.717) is 6.07 Å². The minimum atomic E-state index is -4.77. The van der Waals surface area contributed by atoms with Crippen LogP contribution in [0.5, 0.6) is 0 Å². The molecule has 1 aromatic rings. The van der Waals surface area contributed by atoms with E-state index in [2.05, 4.69) is 0 Å². The number of ketones is 1. The first-order chi connectivity index (χ1) is 6.73. The van der Waals surface area contributed by atoms with E-state index in [1.54, 1.807) is 0 Å². The molecule has 0 aliphatic heterocycles. The number of hydrogen-bond donors (Lipinski definition) is 0. The van der Waals surface area contributed by atoms with E-state index in [1.165, 1.54) is 0 Å². The van der Waals surface area contributed by atoms with E-state index in [1.807, 2.05) is 0 Å². The van der Waals surface area contributed by atoms with Gasteiger partial charge in [0.1, 0.15) is 5.82 Å². The summed E-state index contributed by atoms with van der Waals surface area (Å²) in [7, 11) is 0. The third-order valence-corrected chi connectivity index (χ3v) is 2.13. The van der Waals surface area contributed by atoms with Crippen molar-refractivity contribution in [3.8, 4) is 0 Å². The molecule has 0 aliphatic carbocycles. The van der Waals surface area contributed by atoms with Gasteiger partial charge in [0.2, 0.25) is 0 Å². The fourth-order valence-electron chi connectivity index (χ4n) is 1.05. The smallest absolute Gasteiger partial charge is 0.294 e. The molecule has 0 fully saturated rings. The SMILES string of the molecule is CC(=O)c1cc(F)cc(C(F)(F)F)c1Cl. The fourth-order valence-corrected chi connectivity index (χ4v) is 1.40. The number of rotatable bonds is 1. The molecule has 0 heterocycles. The largest absolute Gasteiger partial charge is 0.417 e. The highest BCUT2D eigenvalue weighted by Gasteiger charge is 2.35. The molecule has 0 unspecified atom stereocenters. The van der Waals surface area contributed by atoms with Crippen LogP contribution in [0.2, 0.25) is 5.02 Å². The molecule has 0 aliphatic rings. The Kier molecular flexibility index (Phi) is 3.04. The normalized spacial score (nSPS) is 11.6. The number of halogens is 5. The lowest BCUT2D eigenvalue weighted by atomic mass is 10.1. The van der Waals surface area contributed by atoms with Crippen molar-refractivity contribution in [2.45, 2.75) is 13.1 Å². The summed E-state index contributed by atoms with van der Waals surface area (Å²) in [6.45, 7) is 1.01. The van der Waals surface area contributed by atoms with Crippen molar-refractivity contribution < 1.29 is 22.4 Å². The number of carbonyl (C=O) groups is 1. The van der Waals surface area contributed by atoms with Crippen molar-refractivity contribution in [2.24, 2.45) is 0 Å². The van der Waals surface area contributed by atoms with Crippen LogP contribution in [0.15, 0.2) is 12.1 Å². The van der Waals surface area contributed by atoms with Crippen LogP contribution in [0.4, 0.5) is 17.6 Å². The molecule has 0 bridgehead atoms. The maximum Gasteiger partial charge on any atom is 0.417 e. The average Bonchev–Trinajstić information content (AvgIpc) is 2.06. The Morgan fingerprint density at radius 1 is 1.33 bits per heavy atom. The Morgan fingerprint density at radius 2 is 1.87 bits per heavy atom. The highest BCUT2D eigenvalue weighted by atomic mass is 35.5. The van der Waals surface area contributed by atoms with E-state index in [-0.39, 0.29) is 6.07 Å². The number of alkyl halides is 3. The van der Waals surface area contributed by atoms with E-state index in [9.17, 15) is 22.4 Å². The van der Waals surface area contributed by atoms with Crippen LogP contribution in [0, 0.1) is 5.82 Å². The van der Waals surface area contributed by atoms with Gasteiger partial charge in [-0.1, -0.05) is 11.6 Å². The van der Waals surface area contributed by atoms with Crippen LogP contribution in [-0.4, -0.2) is 5.78 Å². The van der Waals surface area contributed by atoms with Gasteiger partial charge in [-0.3, -0.25) is 4.79 Å². The number of benzene rings is 1. The monoisotopic (exact) mass is 240 g/mol. The van der Waals surface area contributed by atoms with Gasteiger partial charge in [-0.05, 0) is 19.1 Å². The van der Waals surface area contributed by atoms with E-state index < -0.39 is 33.9 Å². The van der Waals surface area contributed by atoms with Gasteiger partial charge in [0.25, 0.3) is 0 Å². The number of carbonyl (C=O) groups excluding carboxylic acids is 1. The van der Waals surface area contributed by atoms with Crippen LogP contribution in [0.25, 0.3) is 0 Å². The van der Waals surface area contributed by atoms with Crippen LogP contribution in [0.1, 0.15) is 22.8 Å². The lowest BCUT2D eigenvalue weighted by Crippen LogP contribution is -2.09. The Balaban J connectivity index is 3.49. The summed E-state index contributed by atoms with van der Waals surface area (Å²) in [6, 6.07) is 0.939. The molecular formula is C9H5ClF4O. The highest BCUT2D eigenvalue weighted by Crippen LogP contribution is 2.37. The molecule has 0 amide bonds. The maximum absolute atomic E-state index is 12.8. The van der Waals surface area contributed by atoms with Crippen LogP contribution in [-0.2, 0) is 6.18 Å². The Morgan fingerprint density at radius 3 is 2.27 bits per heavy atom. The molecule has 0 saturated carbocycles. The molecule has 1 nitrogen and oxygen atoms in total. The molecule has 15 heavy (non-hydrogen) atoms. The van der Waals surface area contributed by atoms with Crippen LogP contribution in [0.3, 0.4) is 0 Å². The quantitative estimate of drug-likeness (QED) is 0.540. The molecule has 0 saturated heterocycles. The third-order valence-electron chi connectivity index (χ3n) is 1.72. The summed E-state index contributed by atoms with van der Waals surface area (Å²) in [5.41, 5.74) is -1.81.